The molecule has 0 spiro atoms. The third kappa shape index (κ3) is 2.85. The maximum atomic E-state index is 12.7. The van der Waals surface area contributed by atoms with E-state index in [2.05, 4.69) is 34.3 Å². The van der Waals surface area contributed by atoms with Gasteiger partial charge in [-0.25, -0.2) is 0 Å². The van der Waals surface area contributed by atoms with Crippen LogP contribution >= 0.6 is 0 Å². The van der Waals surface area contributed by atoms with Crippen LogP contribution in [0.5, 0.6) is 0 Å². The fourth-order valence-electron chi connectivity index (χ4n) is 3.82. The van der Waals surface area contributed by atoms with Gasteiger partial charge in [0, 0.05) is 44.3 Å². The molecule has 114 valence electrons. The number of carbonyl (C=O) groups excluding carboxylic acids is 1. The first kappa shape index (κ1) is 14.3. The van der Waals surface area contributed by atoms with E-state index in [4.69, 9.17) is 0 Å². The molecule has 0 aliphatic carbocycles. The molecule has 20 heavy (non-hydrogen) atoms. The summed E-state index contributed by atoms with van der Waals surface area (Å²) in [5, 5.41) is 6.79. The molecular weight excluding hydrogens is 252 g/mol. The van der Waals surface area contributed by atoms with Crippen LogP contribution in [0.15, 0.2) is 0 Å². The lowest BCUT2D eigenvalue weighted by atomic mass is 9.96. The van der Waals surface area contributed by atoms with Crippen molar-refractivity contribution >= 4 is 5.91 Å². The summed E-state index contributed by atoms with van der Waals surface area (Å²) in [5.41, 5.74) is 0. The highest BCUT2D eigenvalue weighted by molar-refractivity contribution is 5.82. The Kier molecular flexibility index (Phi) is 4.29. The number of nitrogens with zero attached hydrogens (tertiary/aromatic N) is 2. The van der Waals surface area contributed by atoms with Gasteiger partial charge in [0.1, 0.15) is 0 Å². The normalized spacial score (nSPS) is 39.4. The van der Waals surface area contributed by atoms with E-state index in [-0.39, 0.29) is 6.04 Å². The molecule has 3 aliphatic heterocycles. The number of hydrogen-bond donors (Lipinski definition) is 2. The largest absolute Gasteiger partial charge is 0.336 e. The fraction of sp³-hybridized carbons (Fsp3) is 0.933. The number of nitrogens with one attached hydrogen (secondary N) is 2. The quantitative estimate of drug-likeness (QED) is 0.711. The Balaban J connectivity index is 1.62. The van der Waals surface area contributed by atoms with Crippen molar-refractivity contribution in [3.63, 3.8) is 0 Å². The van der Waals surface area contributed by atoms with Crippen LogP contribution < -0.4 is 10.6 Å². The molecule has 0 aromatic carbocycles. The summed E-state index contributed by atoms with van der Waals surface area (Å²) in [6.45, 7) is 9.18. The number of fused-ring (bicyclic) bond motifs is 1. The van der Waals surface area contributed by atoms with Gasteiger partial charge in [-0.1, -0.05) is 6.42 Å². The van der Waals surface area contributed by atoms with Crippen LogP contribution in [0.1, 0.15) is 33.1 Å². The number of hydrogen-bond acceptors (Lipinski definition) is 4. The van der Waals surface area contributed by atoms with E-state index >= 15 is 0 Å². The molecule has 0 aromatic rings. The number of carbonyl (C=O) groups is 1. The molecule has 1 amide bonds. The summed E-state index contributed by atoms with van der Waals surface area (Å²) >= 11 is 0. The molecule has 2 N–H and O–H groups in total. The van der Waals surface area contributed by atoms with Gasteiger partial charge >= 0.3 is 0 Å². The average molecular weight is 280 g/mol. The molecule has 4 atom stereocenters. The zero-order valence-electron chi connectivity index (χ0n) is 12.8. The van der Waals surface area contributed by atoms with Crippen LogP contribution in [0.2, 0.25) is 0 Å². The molecule has 0 bridgehead atoms. The highest BCUT2D eigenvalue weighted by Gasteiger charge is 2.37. The number of amides is 1. The molecule has 5 nitrogen and oxygen atoms in total. The Morgan fingerprint density at radius 1 is 1.10 bits per heavy atom. The highest BCUT2D eigenvalue weighted by atomic mass is 16.2. The fourth-order valence-corrected chi connectivity index (χ4v) is 3.82. The van der Waals surface area contributed by atoms with Crippen LogP contribution in [-0.4, -0.2) is 72.6 Å². The second kappa shape index (κ2) is 6.00. The first-order chi connectivity index (χ1) is 9.65. The van der Waals surface area contributed by atoms with E-state index < -0.39 is 0 Å². The maximum Gasteiger partial charge on any atom is 0.241 e. The highest BCUT2D eigenvalue weighted by Crippen LogP contribution is 2.24. The van der Waals surface area contributed by atoms with Gasteiger partial charge in [0.2, 0.25) is 5.91 Å². The van der Waals surface area contributed by atoms with E-state index in [0.29, 0.717) is 24.0 Å². The van der Waals surface area contributed by atoms with Crippen LogP contribution in [0.3, 0.4) is 0 Å². The topological polar surface area (TPSA) is 47.6 Å². The lowest BCUT2D eigenvalue weighted by Gasteiger charge is -2.48. The van der Waals surface area contributed by atoms with Crippen molar-refractivity contribution in [3.05, 3.63) is 0 Å². The standard InChI is InChI=1S/C15H28N4O/c1-11-7-17-14(8-16-11)15(20)19-10-13-5-3-4-6-18(13)9-12(19)2/h11-14,16-17H,3-10H2,1-2H3. The van der Waals surface area contributed by atoms with Crippen molar-refractivity contribution < 1.29 is 4.79 Å². The third-order valence-electron chi connectivity index (χ3n) is 5.11. The van der Waals surface area contributed by atoms with Gasteiger partial charge in [-0.15, -0.1) is 0 Å². The summed E-state index contributed by atoms with van der Waals surface area (Å²) in [6.07, 6.45) is 3.89. The van der Waals surface area contributed by atoms with Crippen molar-refractivity contribution in [2.45, 2.75) is 57.3 Å². The SMILES string of the molecule is CC1CNC(C(=O)N2CC3CCCCN3CC2C)CN1. The zero-order valence-corrected chi connectivity index (χ0v) is 12.8. The Labute approximate surface area is 122 Å². The van der Waals surface area contributed by atoms with Gasteiger partial charge in [0.05, 0.1) is 6.04 Å². The van der Waals surface area contributed by atoms with E-state index in [0.717, 1.165) is 26.2 Å². The number of piperidine rings is 1. The van der Waals surface area contributed by atoms with Gasteiger partial charge in [-0.05, 0) is 33.2 Å². The van der Waals surface area contributed by atoms with Gasteiger partial charge < -0.3 is 15.5 Å². The van der Waals surface area contributed by atoms with E-state index in [9.17, 15) is 4.79 Å². The number of rotatable bonds is 1. The molecule has 4 unspecified atom stereocenters. The van der Waals surface area contributed by atoms with Gasteiger partial charge in [0.25, 0.3) is 0 Å². The molecule has 5 heteroatoms. The summed E-state index contributed by atoms with van der Waals surface area (Å²) < 4.78 is 0. The van der Waals surface area contributed by atoms with Gasteiger partial charge in [-0.2, -0.15) is 0 Å². The summed E-state index contributed by atoms with van der Waals surface area (Å²) in [5.74, 6) is 0.294. The van der Waals surface area contributed by atoms with Crippen LogP contribution in [-0.2, 0) is 4.79 Å². The lowest BCUT2D eigenvalue weighted by Crippen LogP contribution is -2.65. The Hall–Kier alpha value is -0.650. The van der Waals surface area contributed by atoms with E-state index in [1.807, 2.05) is 0 Å². The summed E-state index contributed by atoms with van der Waals surface area (Å²) in [6, 6.07) is 1.37. The smallest absolute Gasteiger partial charge is 0.241 e. The monoisotopic (exact) mass is 280 g/mol. The Morgan fingerprint density at radius 2 is 1.95 bits per heavy atom. The van der Waals surface area contributed by atoms with Gasteiger partial charge in [-0.3, -0.25) is 9.69 Å². The Morgan fingerprint density at radius 3 is 2.70 bits per heavy atom. The molecule has 0 aromatic heterocycles. The lowest BCUT2D eigenvalue weighted by molar-refractivity contribution is -0.140. The van der Waals surface area contributed by atoms with Gasteiger partial charge in [0.15, 0.2) is 0 Å². The zero-order chi connectivity index (χ0) is 14.1. The third-order valence-corrected chi connectivity index (χ3v) is 5.11. The van der Waals surface area contributed by atoms with Crippen LogP contribution in [0.4, 0.5) is 0 Å². The minimum Gasteiger partial charge on any atom is -0.336 e. The summed E-state index contributed by atoms with van der Waals surface area (Å²) in [7, 11) is 0. The molecule has 3 rings (SSSR count). The predicted molar refractivity (Wildman–Crippen MR) is 79.6 cm³/mol. The molecule has 0 saturated carbocycles. The molecule has 3 saturated heterocycles. The molecule has 3 aliphatic rings. The first-order valence-corrected chi connectivity index (χ1v) is 8.16. The second-order valence-electron chi connectivity index (χ2n) is 6.75. The minimum absolute atomic E-state index is 0.0382. The minimum atomic E-state index is -0.0382. The Bertz CT molecular complexity index is 354. The van der Waals surface area contributed by atoms with Crippen molar-refractivity contribution in [1.29, 1.82) is 0 Å². The average Bonchev–Trinajstić information content (AvgIpc) is 2.46. The van der Waals surface area contributed by atoms with Crippen molar-refractivity contribution in [2.75, 3.05) is 32.7 Å². The predicted octanol–water partition coefficient (Wildman–Crippen LogP) is 0.0215. The maximum absolute atomic E-state index is 12.7. The van der Waals surface area contributed by atoms with Crippen molar-refractivity contribution in [3.8, 4) is 0 Å². The van der Waals surface area contributed by atoms with E-state index in [1.165, 1.54) is 25.8 Å². The van der Waals surface area contributed by atoms with Crippen molar-refractivity contribution in [2.24, 2.45) is 0 Å². The van der Waals surface area contributed by atoms with Crippen LogP contribution in [0, 0.1) is 0 Å². The van der Waals surface area contributed by atoms with E-state index in [1.54, 1.807) is 0 Å². The molecular formula is C15H28N4O. The molecule has 3 fully saturated rings. The second-order valence-corrected chi connectivity index (χ2v) is 6.75. The summed E-state index contributed by atoms with van der Waals surface area (Å²) in [4.78, 5) is 17.5. The van der Waals surface area contributed by atoms with Crippen molar-refractivity contribution in [1.82, 2.24) is 20.4 Å². The molecule has 3 heterocycles. The van der Waals surface area contributed by atoms with Crippen LogP contribution in [0.25, 0.3) is 0 Å². The first-order valence-electron chi connectivity index (χ1n) is 8.16. The molecule has 0 radical (unpaired) electrons. The number of piperazine rings is 2.